The summed E-state index contributed by atoms with van der Waals surface area (Å²) in [5, 5.41) is 6.50. The molecule has 0 saturated carbocycles. The van der Waals surface area contributed by atoms with Crippen LogP contribution in [0.15, 0.2) is 23.5 Å². The number of hydrogen-bond donors (Lipinski definition) is 2. The van der Waals surface area contributed by atoms with E-state index < -0.39 is 0 Å². The molecule has 1 unspecified atom stereocenters. The van der Waals surface area contributed by atoms with Gasteiger partial charge in [-0.05, 0) is 25.8 Å². The molecule has 2 aliphatic rings. The molecule has 0 aliphatic carbocycles. The van der Waals surface area contributed by atoms with Gasteiger partial charge in [0.05, 0.1) is 13.2 Å². The minimum atomic E-state index is 0.159. The molecule has 0 aromatic carbocycles. The highest BCUT2D eigenvalue weighted by molar-refractivity contribution is 5.81. The Bertz CT molecular complexity index is 690. The van der Waals surface area contributed by atoms with Crippen LogP contribution in [0.5, 0.6) is 0 Å². The van der Waals surface area contributed by atoms with E-state index in [0.29, 0.717) is 45.1 Å². The fourth-order valence-corrected chi connectivity index (χ4v) is 3.72. The molecule has 1 aromatic rings. The third-order valence-corrected chi connectivity index (χ3v) is 5.54. The second kappa shape index (κ2) is 13.8. The lowest BCUT2D eigenvalue weighted by Gasteiger charge is -2.34. The number of rotatable bonds is 11. The van der Waals surface area contributed by atoms with Gasteiger partial charge in [-0.15, -0.1) is 0 Å². The topological polar surface area (TPSA) is 104 Å². The summed E-state index contributed by atoms with van der Waals surface area (Å²) in [7, 11) is 0. The first-order valence-corrected chi connectivity index (χ1v) is 11.7. The molecule has 1 atom stereocenters. The molecule has 178 valence electrons. The number of nitrogens with one attached hydrogen (secondary N) is 2. The van der Waals surface area contributed by atoms with Crippen LogP contribution >= 0.6 is 0 Å². The van der Waals surface area contributed by atoms with Crippen LogP contribution in [0, 0.1) is 5.92 Å². The summed E-state index contributed by atoms with van der Waals surface area (Å²) < 4.78 is 11.1. The molecule has 32 heavy (non-hydrogen) atoms. The average Bonchev–Trinajstić information content (AvgIpc) is 3.35. The third kappa shape index (κ3) is 8.23. The summed E-state index contributed by atoms with van der Waals surface area (Å²) in [6.45, 7) is 10.1. The molecule has 2 saturated heterocycles. The van der Waals surface area contributed by atoms with Crippen molar-refractivity contribution in [2.75, 3.05) is 77.1 Å². The number of piperazine rings is 1. The number of amides is 1. The van der Waals surface area contributed by atoms with Crippen molar-refractivity contribution in [1.82, 2.24) is 25.5 Å². The van der Waals surface area contributed by atoms with Crippen molar-refractivity contribution < 1.29 is 14.3 Å². The van der Waals surface area contributed by atoms with Crippen molar-refractivity contribution in [2.24, 2.45) is 10.9 Å². The Morgan fingerprint density at radius 1 is 1.25 bits per heavy atom. The number of ether oxygens (including phenoxy) is 2. The number of guanidine groups is 1. The number of anilines is 1. The van der Waals surface area contributed by atoms with E-state index in [2.05, 4.69) is 30.5 Å². The first-order chi connectivity index (χ1) is 15.8. The van der Waals surface area contributed by atoms with Gasteiger partial charge in [-0.2, -0.15) is 0 Å². The molecule has 0 spiro atoms. The van der Waals surface area contributed by atoms with Gasteiger partial charge in [0.25, 0.3) is 0 Å². The molecule has 3 heterocycles. The molecule has 1 amide bonds. The summed E-state index contributed by atoms with van der Waals surface area (Å²) in [6.07, 6.45) is 5.90. The third-order valence-electron chi connectivity index (χ3n) is 5.54. The lowest BCUT2D eigenvalue weighted by atomic mass is 10.1. The zero-order valence-electron chi connectivity index (χ0n) is 19.2. The zero-order chi connectivity index (χ0) is 22.4. The molecule has 0 radical (unpaired) electrons. The largest absolute Gasteiger partial charge is 0.381 e. The number of carbonyl (C=O) groups excluding carboxylic acids is 1. The van der Waals surface area contributed by atoms with E-state index in [1.807, 2.05) is 17.9 Å². The van der Waals surface area contributed by atoms with Crippen LogP contribution in [0.1, 0.15) is 26.2 Å². The van der Waals surface area contributed by atoms with Crippen molar-refractivity contribution in [3.05, 3.63) is 18.5 Å². The van der Waals surface area contributed by atoms with E-state index in [1.54, 1.807) is 12.4 Å². The van der Waals surface area contributed by atoms with Crippen molar-refractivity contribution in [3.8, 4) is 0 Å². The Morgan fingerprint density at radius 3 is 2.78 bits per heavy atom. The van der Waals surface area contributed by atoms with Gasteiger partial charge in [-0.25, -0.2) is 9.97 Å². The molecule has 1 aromatic heterocycles. The lowest BCUT2D eigenvalue weighted by Crippen LogP contribution is -2.50. The SMILES string of the molecule is CCNC(=NCCCOCC1CCOC1)NCCC(=O)N1CCN(c2ncccn2)CC1. The molecular weight excluding hydrogens is 410 g/mol. The fourth-order valence-electron chi connectivity index (χ4n) is 3.72. The number of hydrogen-bond acceptors (Lipinski definition) is 7. The Kier molecular flexibility index (Phi) is 10.5. The quantitative estimate of drug-likeness (QED) is 0.287. The number of carbonyl (C=O) groups is 1. The van der Waals surface area contributed by atoms with Gasteiger partial charge in [0.2, 0.25) is 11.9 Å². The minimum absolute atomic E-state index is 0.159. The molecule has 3 rings (SSSR count). The summed E-state index contributed by atoms with van der Waals surface area (Å²) in [5.41, 5.74) is 0. The van der Waals surface area contributed by atoms with Crippen LogP contribution in [0.25, 0.3) is 0 Å². The van der Waals surface area contributed by atoms with Gasteiger partial charge in [0, 0.05) is 83.8 Å². The minimum Gasteiger partial charge on any atom is -0.381 e. The predicted molar refractivity (Wildman–Crippen MR) is 124 cm³/mol. The highest BCUT2D eigenvalue weighted by atomic mass is 16.5. The maximum Gasteiger partial charge on any atom is 0.225 e. The normalized spacial score (nSPS) is 19.3. The summed E-state index contributed by atoms with van der Waals surface area (Å²) in [4.78, 5) is 29.8. The summed E-state index contributed by atoms with van der Waals surface area (Å²) >= 11 is 0. The van der Waals surface area contributed by atoms with Crippen molar-refractivity contribution in [3.63, 3.8) is 0 Å². The van der Waals surface area contributed by atoms with Gasteiger partial charge < -0.3 is 29.9 Å². The molecule has 2 N–H and O–H groups in total. The molecule has 2 fully saturated rings. The van der Waals surface area contributed by atoms with Gasteiger partial charge >= 0.3 is 0 Å². The molecule has 2 aliphatic heterocycles. The van der Waals surface area contributed by atoms with E-state index in [9.17, 15) is 4.79 Å². The van der Waals surface area contributed by atoms with Crippen LogP contribution in [0.4, 0.5) is 5.95 Å². The first kappa shape index (κ1) is 24.2. The van der Waals surface area contributed by atoms with Crippen molar-refractivity contribution in [2.45, 2.75) is 26.2 Å². The summed E-state index contributed by atoms with van der Waals surface area (Å²) in [5.74, 6) is 2.18. The first-order valence-electron chi connectivity index (χ1n) is 11.7. The smallest absolute Gasteiger partial charge is 0.225 e. The van der Waals surface area contributed by atoms with E-state index in [0.717, 1.165) is 64.2 Å². The van der Waals surface area contributed by atoms with Gasteiger partial charge in [-0.3, -0.25) is 9.79 Å². The van der Waals surface area contributed by atoms with E-state index >= 15 is 0 Å². The Morgan fingerprint density at radius 2 is 2.06 bits per heavy atom. The summed E-state index contributed by atoms with van der Waals surface area (Å²) in [6, 6.07) is 1.81. The second-order valence-electron chi connectivity index (χ2n) is 8.01. The lowest BCUT2D eigenvalue weighted by molar-refractivity contribution is -0.131. The second-order valence-corrected chi connectivity index (χ2v) is 8.01. The monoisotopic (exact) mass is 447 g/mol. The van der Waals surface area contributed by atoms with Crippen molar-refractivity contribution >= 4 is 17.8 Å². The van der Waals surface area contributed by atoms with Crippen LogP contribution in [0.2, 0.25) is 0 Å². The number of aliphatic imine (C=N–C) groups is 1. The molecule has 10 heteroatoms. The maximum atomic E-state index is 12.6. The van der Waals surface area contributed by atoms with Crippen LogP contribution in [-0.2, 0) is 14.3 Å². The van der Waals surface area contributed by atoms with E-state index in [1.165, 1.54) is 0 Å². The van der Waals surface area contributed by atoms with E-state index in [-0.39, 0.29) is 5.91 Å². The average molecular weight is 448 g/mol. The van der Waals surface area contributed by atoms with Crippen LogP contribution < -0.4 is 15.5 Å². The number of aromatic nitrogens is 2. The molecular formula is C22H37N7O3. The number of nitrogens with zero attached hydrogens (tertiary/aromatic N) is 5. The van der Waals surface area contributed by atoms with E-state index in [4.69, 9.17) is 9.47 Å². The van der Waals surface area contributed by atoms with Gasteiger partial charge in [0.15, 0.2) is 5.96 Å². The highest BCUT2D eigenvalue weighted by Crippen LogP contribution is 2.12. The zero-order valence-corrected chi connectivity index (χ0v) is 19.2. The predicted octanol–water partition coefficient (Wildman–Crippen LogP) is 0.514. The van der Waals surface area contributed by atoms with Gasteiger partial charge in [0.1, 0.15) is 0 Å². The Hall–Kier alpha value is -2.46. The Balaban J connectivity index is 1.28. The Labute approximate surface area is 190 Å². The molecule has 10 nitrogen and oxygen atoms in total. The fraction of sp³-hybridized carbons (Fsp3) is 0.727. The maximum absolute atomic E-state index is 12.6. The standard InChI is InChI=1S/C22H37N7O3/c1-2-23-21(24-9-4-15-31-17-19-6-16-32-18-19)25-10-5-20(30)28-11-13-29(14-12-28)22-26-7-3-8-27-22/h3,7-8,19H,2,4-6,9-18H2,1H3,(H2,23,24,25). The van der Waals surface area contributed by atoms with Gasteiger partial charge in [-0.1, -0.05) is 0 Å². The molecule has 0 bridgehead atoms. The van der Waals surface area contributed by atoms with Crippen LogP contribution in [0.3, 0.4) is 0 Å². The van der Waals surface area contributed by atoms with Crippen molar-refractivity contribution in [1.29, 1.82) is 0 Å². The van der Waals surface area contributed by atoms with Crippen LogP contribution in [-0.4, -0.2) is 99.0 Å². The highest BCUT2D eigenvalue weighted by Gasteiger charge is 2.22.